The summed E-state index contributed by atoms with van der Waals surface area (Å²) in [5.74, 6) is -1.21. The van der Waals surface area contributed by atoms with Crippen molar-refractivity contribution in [1.29, 1.82) is 0 Å². The maximum absolute atomic E-state index is 12.2. The van der Waals surface area contributed by atoms with Crippen LogP contribution in [0.4, 0.5) is 0 Å². The number of sulfonamides is 1. The van der Waals surface area contributed by atoms with Gasteiger partial charge < -0.3 is 5.11 Å². The molecule has 2 rings (SSSR count). The standard InChI is InChI=1S/C10H15N3O4S/c1-6(10(14)15)12-18(16,17)9-7-4-3-5-8(7)11-13(9)2/h6,12H,3-5H2,1-2H3,(H,14,15). The fraction of sp³-hybridized carbons (Fsp3) is 0.600. The first-order valence-corrected chi connectivity index (χ1v) is 7.11. The molecule has 8 heteroatoms. The number of nitrogens with zero attached hydrogens (tertiary/aromatic N) is 2. The van der Waals surface area contributed by atoms with Crippen LogP contribution in [0.2, 0.25) is 0 Å². The molecule has 0 spiro atoms. The van der Waals surface area contributed by atoms with Crippen LogP contribution in [0.25, 0.3) is 0 Å². The Bertz CT molecular complexity index is 591. The number of fused-ring (bicyclic) bond motifs is 1. The third-order valence-corrected chi connectivity index (χ3v) is 4.65. The number of aliphatic carboxylic acids is 1. The second-order valence-corrected chi connectivity index (χ2v) is 6.02. The molecule has 100 valence electrons. The number of carbonyl (C=O) groups is 1. The molecule has 1 aliphatic rings. The van der Waals surface area contributed by atoms with Gasteiger partial charge in [-0.15, -0.1) is 0 Å². The number of hydrogen-bond donors (Lipinski definition) is 2. The summed E-state index contributed by atoms with van der Waals surface area (Å²) in [7, 11) is -2.29. The zero-order chi connectivity index (χ0) is 13.5. The molecule has 2 N–H and O–H groups in total. The molecule has 0 aromatic carbocycles. The Balaban J connectivity index is 2.39. The van der Waals surface area contributed by atoms with Crippen molar-refractivity contribution >= 4 is 16.0 Å². The maximum Gasteiger partial charge on any atom is 0.321 e. The van der Waals surface area contributed by atoms with E-state index in [1.165, 1.54) is 11.6 Å². The molecular formula is C10H15N3O4S. The van der Waals surface area contributed by atoms with Crippen LogP contribution in [0, 0.1) is 0 Å². The van der Waals surface area contributed by atoms with Gasteiger partial charge in [0.25, 0.3) is 10.0 Å². The lowest BCUT2D eigenvalue weighted by atomic mass is 10.3. The van der Waals surface area contributed by atoms with E-state index in [1.54, 1.807) is 7.05 Å². The fourth-order valence-electron chi connectivity index (χ4n) is 2.17. The van der Waals surface area contributed by atoms with Crippen molar-refractivity contribution in [2.24, 2.45) is 7.05 Å². The molecule has 1 unspecified atom stereocenters. The number of rotatable bonds is 4. The van der Waals surface area contributed by atoms with Crippen LogP contribution in [0.1, 0.15) is 24.6 Å². The van der Waals surface area contributed by atoms with Gasteiger partial charge in [-0.2, -0.15) is 9.82 Å². The third kappa shape index (κ3) is 2.13. The average molecular weight is 273 g/mol. The van der Waals surface area contributed by atoms with Gasteiger partial charge in [-0.3, -0.25) is 9.48 Å². The number of carboxylic acid groups (broad SMARTS) is 1. The zero-order valence-corrected chi connectivity index (χ0v) is 11.0. The molecular weight excluding hydrogens is 258 g/mol. The molecule has 1 atom stereocenters. The van der Waals surface area contributed by atoms with E-state index < -0.39 is 22.0 Å². The highest BCUT2D eigenvalue weighted by Gasteiger charge is 2.31. The molecule has 0 radical (unpaired) electrons. The van der Waals surface area contributed by atoms with Crippen LogP contribution in [0.15, 0.2) is 5.03 Å². The van der Waals surface area contributed by atoms with Crippen molar-refractivity contribution in [2.45, 2.75) is 37.3 Å². The van der Waals surface area contributed by atoms with E-state index in [4.69, 9.17) is 5.11 Å². The van der Waals surface area contributed by atoms with Crippen molar-refractivity contribution in [1.82, 2.24) is 14.5 Å². The van der Waals surface area contributed by atoms with Gasteiger partial charge in [-0.05, 0) is 26.2 Å². The van der Waals surface area contributed by atoms with Crippen LogP contribution >= 0.6 is 0 Å². The van der Waals surface area contributed by atoms with E-state index in [0.29, 0.717) is 12.0 Å². The fourth-order valence-corrected chi connectivity index (χ4v) is 3.78. The van der Waals surface area contributed by atoms with E-state index in [2.05, 4.69) is 9.82 Å². The van der Waals surface area contributed by atoms with Crippen LogP contribution in [0.3, 0.4) is 0 Å². The average Bonchev–Trinajstić information content (AvgIpc) is 2.75. The Hall–Kier alpha value is -1.41. The molecule has 1 aromatic rings. The molecule has 0 saturated heterocycles. The lowest BCUT2D eigenvalue weighted by Crippen LogP contribution is -2.39. The summed E-state index contributed by atoms with van der Waals surface area (Å²) in [5.41, 5.74) is 1.50. The minimum Gasteiger partial charge on any atom is -0.480 e. The number of nitrogens with one attached hydrogen (secondary N) is 1. The molecule has 7 nitrogen and oxygen atoms in total. The first-order valence-electron chi connectivity index (χ1n) is 5.63. The van der Waals surface area contributed by atoms with Gasteiger partial charge in [0, 0.05) is 12.6 Å². The Morgan fingerprint density at radius 2 is 2.17 bits per heavy atom. The van der Waals surface area contributed by atoms with Gasteiger partial charge in [0.15, 0.2) is 5.03 Å². The lowest BCUT2D eigenvalue weighted by Gasteiger charge is -2.11. The molecule has 1 heterocycles. The summed E-state index contributed by atoms with van der Waals surface area (Å²) in [6.07, 6.45) is 2.32. The monoisotopic (exact) mass is 273 g/mol. The maximum atomic E-state index is 12.2. The van der Waals surface area contributed by atoms with Crippen LogP contribution in [-0.4, -0.2) is 35.3 Å². The largest absolute Gasteiger partial charge is 0.480 e. The Kier molecular flexibility index (Phi) is 3.16. The van der Waals surface area contributed by atoms with Gasteiger partial charge >= 0.3 is 5.97 Å². The molecule has 1 aliphatic carbocycles. The van der Waals surface area contributed by atoms with E-state index in [0.717, 1.165) is 18.5 Å². The molecule has 0 bridgehead atoms. The second kappa shape index (κ2) is 4.36. The van der Waals surface area contributed by atoms with Gasteiger partial charge in [-0.1, -0.05) is 0 Å². The number of aromatic nitrogens is 2. The van der Waals surface area contributed by atoms with Gasteiger partial charge in [0.2, 0.25) is 0 Å². The Morgan fingerprint density at radius 3 is 2.78 bits per heavy atom. The summed E-state index contributed by atoms with van der Waals surface area (Å²) in [4.78, 5) is 10.7. The van der Waals surface area contributed by atoms with E-state index in [-0.39, 0.29) is 5.03 Å². The van der Waals surface area contributed by atoms with Crippen LogP contribution in [0.5, 0.6) is 0 Å². The Morgan fingerprint density at radius 1 is 1.50 bits per heavy atom. The van der Waals surface area contributed by atoms with Gasteiger partial charge in [0.05, 0.1) is 5.69 Å². The minimum absolute atomic E-state index is 0.0862. The van der Waals surface area contributed by atoms with E-state index >= 15 is 0 Å². The van der Waals surface area contributed by atoms with Gasteiger partial charge in [0.1, 0.15) is 6.04 Å². The van der Waals surface area contributed by atoms with Crippen molar-refractivity contribution < 1.29 is 18.3 Å². The number of aryl methyl sites for hydroxylation is 2. The zero-order valence-electron chi connectivity index (χ0n) is 10.2. The lowest BCUT2D eigenvalue weighted by molar-refractivity contribution is -0.138. The highest BCUT2D eigenvalue weighted by molar-refractivity contribution is 7.89. The molecule has 18 heavy (non-hydrogen) atoms. The summed E-state index contributed by atoms with van der Waals surface area (Å²) in [6, 6.07) is -1.16. The highest BCUT2D eigenvalue weighted by Crippen LogP contribution is 2.27. The second-order valence-electron chi connectivity index (χ2n) is 4.39. The smallest absolute Gasteiger partial charge is 0.321 e. The first-order chi connectivity index (χ1) is 8.33. The molecule has 0 fully saturated rings. The third-order valence-electron chi connectivity index (χ3n) is 2.97. The minimum atomic E-state index is -3.85. The normalized spacial score (nSPS) is 16.6. The number of hydrogen-bond acceptors (Lipinski definition) is 4. The van der Waals surface area contributed by atoms with Crippen LogP contribution in [-0.2, 0) is 34.7 Å². The summed E-state index contributed by atoms with van der Waals surface area (Å²) in [5, 5.41) is 13.0. The Labute approximate surface area is 105 Å². The first kappa shape index (κ1) is 13.0. The predicted molar refractivity (Wildman–Crippen MR) is 62.7 cm³/mol. The topological polar surface area (TPSA) is 101 Å². The summed E-state index contributed by atoms with van der Waals surface area (Å²) >= 11 is 0. The molecule has 0 saturated carbocycles. The molecule has 0 amide bonds. The van der Waals surface area contributed by atoms with E-state index in [1.807, 2.05) is 0 Å². The molecule has 1 aromatic heterocycles. The van der Waals surface area contributed by atoms with Crippen molar-refractivity contribution in [3.8, 4) is 0 Å². The molecule has 0 aliphatic heterocycles. The van der Waals surface area contributed by atoms with Crippen molar-refractivity contribution in [3.63, 3.8) is 0 Å². The van der Waals surface area contributed by atoms with E-state index in [9.17, 15) is 13.2 Å². The predicted octanol–water partition coefficient (Wildman–Crippen LogP) is -0.340. The summed E-state index contributed by atoms with van der Waals surface area (Å²) < 4.78 is 27.8. The highest BCUT2D eigenvalue weighted by atomic mass is 32.2. The van der Waals surface area contributed by atoms with Crippen molar-refractivity contribution in [2.75, 3.05) is 0 Å². The SMILES string of the molecule is CC(NS(=O)(=O)c1c2c(nn1C)CCC2)C(=O)O. The van der Waals surface area contributed by atoms with Gasteiger partial charge in [-0.25, -0.2) is 8.42 Å². The summed E-state index contributed by atoms with van der Waals surface area (Å²) in [6.45, 7) is 1.29. The van der Waals surface area contributed by atoms with Crippen LogP contribution < -0.4 is 4.72 Å². The van der Waals surface area contributed by atoms with Crippen molar-refractivity contribution in [3.05, 3.63) is 11.3 Å². The quantitative estimate of drug-likeness (QED) is 0.781. The number of carboxylic acids is 1.